The van der Waals surface area contributed by atoms with Gasteiger partial charge in [-0.2, -0.15) is 0 Å². The Morgan fingerprint density at radius 3 is 2.89 bits per heavy atom. The smallest absolute Gasteiger partial charge is 0.150 e. The monoisotopic (exact) mass is 260 g/mol. The third-order valence-corrected chi connectivity index (χ3v) is 3.70. The van der Waals surface area contributed by atoms with Crippen molar-refractivity contribution in [3.05, 3.63) is 53.2 Å². The van der Waals surface area contributed by atoms with Crippen LogP contribution in [0.3, 0.4) is 0 Å². The van der Waals surface area contributed by atoms with E-state index in [9.17, 15) is 4.39 Å². The van der Waals surface area contributed by atoms with Crippen LogP contribution in [0.2, 0.25) is 0 Å². The van der Waals surface area contributed by atoms with Crippen molar-refractivity contribution in [1.82, 2.24) is 10.5 Å². The highest BCUT2D eigenvalue weighted by atomic mass is 19.1. The Kier molecular flexibility index (Phi) is 3.34. The molecule has 3 rings (SSSR count). The summed E-state index contributed by atoms with van der Waals surface area (Å²) in [7, 11) is 0. The van der Waals surface area contributed by atoms with Crippen LogP contribution in [0.4, 0.5) is 4.39 Å². The van der Waals surface area contributed by atoms with Crippen molar-refractivity contribution in [3.8, 4) is 0 Å². The molecule has 3 nitrogen and oxygen atoms in total. The molecule has 1 fully saturated rings. The van der Waals surface area contributed by atoms with E-state index in [0.717, 1.165) is 29.9 Å². The first-order chi connectivity index (χ1) is 9.20. The van der Waals surface area contributed by atoms with Crippen molar-refractivity contribution in [1.29, 1.82) is 0 Å². The third kappa shape index (κ3) is 2.84. The van der Waals surface area contributed by atoms with Crippen LogP contribution in [0.25, 0.3) is 0 Å². The van der Waals surface area contributed by atoms with Gasteiger partial charge in [0.1, 0.15) is 5.82 Å². The molecule has 100 valence electrons. The summed E-state index contributed by atoms with van der Waals surface area (Å²) >= 11 is 0. The van der Waals surface area contributed by atoms with E-state index in [1.807, 2.05) is 19.1 Å². The lowest BCUT2D eigenvalue weighted by atomic mass is 9.76. The normalized spacial score (nSPS) is 22.2. The van der Waals surface area contributed by atoms with Crippen LogP contribution >= 0.6 is 0 Å². The fourth-order valence-electron chi connectivity index (χ4n) is 2.56. The van der Waals surface area contributed by atoms with Crippen LogP contribution in [0.5, 0.6) is 0 Å². The van der Waals surface area contributed by atoms with Crippen molar-refractivity contribution in [3.63, 3.8) is 0 Å². The Balaban J connectivity index is 1.48. The number of aryl methyl sites for hydroxylation is 1. The fraction of sp³-hybridized carbons (Fsp3) is 0.400. The summed E-state index contributed by atoms with van der Waals surface area (Å²) < 4.78 is 18.3. The minimum atomic E-state index is -0.147. The quantitative estimate of drug-likeness (QED) is 0.917. The van der Waals surface area contributed by atoms with Gasteiger partial charge in [0, 0.05) is 12.1 Å². The van der Waals surface area contributed by atoms with Gasteiger partial charge in [0.15, 0.2) is 5.76 Å². The lowest BCUT2D eigenvalue weighted by molar-refractivity contribution is 0.273. The van der Waals surface area contributed by atoms with E-state index in [0.29, 0.717) is 18.5 Å². The first-order valence-corrected chi connectivity index (χ1v) is 6.62. The Hall–Kier alpha value is -1.68. The standard InChI is InChI=1S/C15H17FN2O/c1-10-5-15(19-18-10)9-17-14-7-12(8-14)11-3-2-4-13(16)6-11/h2-6,12,14,17H,7-9H2,1H3. The second kappa shape index (κ2) is 5.13. The maximum Gasteiger partial charge on any atom is 0.150 e. The molecule has 1 aliphatic carbocycles. The van der Waals surface area contributed by atoms with Crippen LogP contribution in [-0.4, -0.2) is 11.2 Å². The number of benzene rings is 1. The average Bonchev–Trinajstić information content (AvgIpc) is 2.73. The molecule has 1 N–H and O–H groups in total. The number of nitrogens with one attached hydrogen (secondary N) is 1. The Labute approximate surface area is 111 Å². The molecule has 1 aromatic carbocycles. The molecule has 0 unspecified atom stereocenters. The van der Waals surface area contributed by atoms with Crippen LogP contribution in [0.1, 0.15) is 35.8 Å². The highest BCUT2D eigenvalue weighted by molar-refractivity contribution is 5.23. The predicted octanol–water partition coefficient (Wildman–Crippen LogP) is 3.16. The number of halogens is 1. The SMILES string of the molecule is Cc1cc(CNC2CC(c3cccc(F)c3)C2)on1. The van der Waals surface area contributed by atoms with E-state index in [1.165, 1.54) is 6.07 Å². The summed E-state index contributed by atoms with van der Waals surface area (Å²) in [5.74, 6) is 1.20. The van der Waals surface area contributed by atoms with Crippen molar-refractivity contribution >= 4 is 0 Å². The number of aromatic nitrogens is 1. The van der Waals surface area contributed by atoms with Gasteiger partial charge in [-0.15, -0.1) is 0 Å². The van der Waals surface area contributed by atoms with E-state index >= 15 is 0 Å². The van der Waals surface area contributed by atoms with Crippen LogP contribution in [0, 0.1) is 12.7 Å². The maximum absolute atomic E-state index is 13.1. The van der Waals surface area contributed by atoms with Gasteiger partial charge < -0.3 is 9.84 Å². The van der Waals surface area contributed by atoms with Gasteiger partial charge in [-0.1, -0.05) is 17.3 Å². The van der Waals surface area contributed by atoms with Gasteiger partial charge in [0.2, 0.25) is 0 Å². The summed E-state index contributed by atoms with van der Waals surface area (Å²) in [5.41, 5.74) is 2.01. The zero-order valence-corrected chi connectivity index (χ0v) is 10.9. The van der Waals surface area contributed by atoms with Crippen molar-refractivity contribution < 1.29 is 8.91 Å². The topological polar surface area (TPSA) is 38.1 Å². The number of hydrogen-bond acceptors (Lipinski definition) is 3. The molecule has 0 spiro atoms. The highest BCUT2D eigenvalue weighted by Crippen LogP contribution is 2.37. The minimum Gasteiger partial charge on any atom is -0.360 e. The Bertz CT molecular complexity index is 561. The molecule has 1 aliphatic rings. The molecule has 2 aromatic rings. The first-order valence-electron chi connectivity index (χ1n) is 6.62. The largest absolute Gasteiger partial charge is 0.360 e. The molecule has 1 heterocycles. The van der Waals surface area contributed by atoms with Gasteiger partial charge in [-0.05, 0) is 43.4 Å². The second-order valence-corrected chi connectivity index (χ2v) is 5.24. The maximum atomic E-state index is 13.1. The average molecular weight is 260 g/mol. The third-order valence-electron chi connectivity index (χ3n) is 3.70. The molecule has 1 saturated carbocycles. The van der Waals surface area contributed by atoms with Gasteiger partial charge >= 0.3 is 0 Å². The van der Waals surface area contributed by atoms with Crippen molar-refractivity contribution in [2.45, 2.75) is 38.3 Å². The van der Waals surface area contributed by atoms with Crippen molar-refractivity contribution in [2.75, 3.05) is 0 Å². The lowest BCUT2D eigenvalue weighted by Crippen LogP contribution is -2.39. The summed E-state index contributed by atoms with van der Waals surface area (Å²) in [5, 5.41) is 7.29. The molecule has 1 aromatic heterocycles. The zero-order valence-electron chi connectivity index (χ0n) is 10.9. The van der Waals surface area contributed by atoms with E-state index < -0.39 is 0 Å². The summed E-state index contributed by atoms with van der Waals surface area (Å²) in [6.07, 6.45) is 2.10. The zero-order chi connectivity index (χ0) is 13.2. The highest BCUT2D eigenvalue weighted by Gasteiger charge is 2.30. The van der Waals surface area contributed by atoms with Crippen LogP contribution in [0.15, 0.2) is 34.9 Å². The van der Waals surface area contributed by atoms with E-state index in [-0.39, 0.29) is 5.82 Å². The number of hydrogen-bond donors (Lipinski definition) is 1. The van der Waals surface area contributed by atoms with Gasteiger partial charge in [0.25, 0.3) is 0 Å². The van der Waals surface area contributed by atoms with Gasteiger partial charge in [0.05, 0.1) is 12.2 Å². The molecule has 4 heteroatoms. The van der Waals surface area contributed by atoms with E-state index in [1.54, 1.807) is 12.1 Å². The number of rotatable bonds is 4. The summed E-state index contributed by atoms with van der Waals surface area (Å²) in [6, 6.07) is 9.34. The second-order valence-electron chi connectivity index (χ2n) is 5.24. The molecule has 19 heavy (non-hydrogen) atoms. The van der Waals surface area contributed by atoms with Gasteiger partial charge in [-0.3, -0.25) is 0 Å². The number of nitrogens with zero attached hydrogens (tertiary/aromatic N) is 1. The molecule has 0 atom stereocenters. The van der Waals surface area contributed by atoms with Crippen molar-refractivity contribution in [2.24, 2.45) is 0 Å². The fourth-order valence-corrected chi connectivity index (χ4v) is 2.56. The molecular formula is C15H17FN2O. The minimum absolute atomic E-state index is 0.147. The van der Waals surface area contributed by atoms with Crippen LogP contribution < -0.4 is 5.32 Å². The predicted molar refractivity (Wildman–Crippen MR) is 70.2 cm³/mol. The lowest BCUT2D eigenvalue weighted by Gasteiger charge is -2.36. The summed E-state index contributed by atoms with van der Waals surface area (Å²) in [6.45, 7) is 2.62. The van der Waals surface area contributed by atoms with E-state index in [4.69, 9.17) is 4.52 Å². The Morgan fingerprint density at radius 1 is 1.37 bits per heavy atom. The first kappa shape index (κ1) is 12.4. The van der Waals surface area contributed by atoms with E-state index in [2.05, 4.69) is 10.5 Å². The molecule has 0 aliphatic heterocycles. The van der Waals surface area contributed by atoms with Crippen LogP contribution in [-0.2, 0) is 6.54 Å². The molecular weight excluding hydrogens is 243 g/mol. The van der Waals surface area contributed by atoms with Gasteiger partial charge in [-0.25, -0.2) is 4.39 Å². The molecule has 0 bridgehead atoms. The summed E-state index contributed by atoms with van der Waals surface area (Å²) in [4.78, 5) is 0. The molecule has 0 amide bonds. The molecule has 0 saturated heterocycles. The molecule has 0 radical (unpaired) electrons. The Morgan fingerprint density at radius 2 is 2.21 bits per heavy atom.